The molecule has 0 aliphatic rings. The van der Waals surface area contributed by atoms with E-state index in [1.165, 1.54) is 32.4 Å². The highest BCUT2D eigenvalue weighted by Gasteiger charge is 2.37. The zero-order chi connectivity index (χ0) is 22.3. The van der Waals surface area contributed by atoms with Crippen LogP contribution in [-0.4, -0.2) is 33.2 Å². The van der Waals surface area contributed by atoms with Gasteiger partial charge in [-0.3, -0.25) is 4.79 Å². The molecule has 0 aliphatic heterocycles. The van der Waals surface area contributed by atoms with Gasteiger partial charge in [0.15, 0.2) is 17.5 Å². The van der Waals surface area contributed by atoms with Crippen molar-refractivity contribution in [2.24, 2.45) is 0 Å². The van der Waals surface area contributed by atoms with Gasteiger partial charge in [-0.15, -0.1) is 0 Å². The van der Waals surface area contributed by atoms with Crippen LogP contribution < -0.4 is 14.8 Å². The second-order valence-electron chi connectivity index (χ2n) is 6.00. The Hall–Kier alpha value is -3.49. The first kappa shape index (κ1) is 22.8. The number of amides is 1. The van der Waals surface area contributed by atoms with Crippen molar-refractivity contribution in [2.75, 3.05) is 21.3 Å². The van der Waals surface area contributed by atoms with Crippen LogP contribution in [0.15, 0.2) is 48.5 Å². The van der Waals surface area contributed by atoms with Gasteiger partial charge in [0.25, 0.3) is 0 Å². The minimum Gasteiger partial charge on any atom is -0.493 e. The molecule has 2 aromatic carbocycles. The van der Waals surface area contributed by atoms with Gasteiger partial charge in [-0.25, -0.2) is 4.79 Å². The number of alkyl halides is 3. The van der Waals surface area contributed by atoms with Crippen LogP contribution in [0.4, 0.5) is 13.2 Å². The van der Waals surface area contributed by atoms with Gasteiger partial charge in [0, 0.05) is 6.08 Å². The van der Waals surface area contributed by atoms with Crippen molar-refractivity contribution in [3.63, 3.8) is 0 Å². The highest BCUT2D eigenvalue weighted by Crippen LogP contribution is 2.35. The quantitative estimate of drug-likeness (QED) is 0.542. The summed E-state index contributed by atoms with van der Waals surface area (Å²) >= 11 is 0. The predicted octanol–water partition coefficient (Wildman–Crippen LogP) is 3.77. The normalized spacial score (nSPS) is 12.3. The zero-order valence-corrected chi connectivity index (χ0v) is 16.4. The third-order valence-corrected chi connectivity index (χ3v) is 4.14. The molecule has 0 spiro atoms. The Morgan fingerprint density at radius 1 is 1.00 bits per heavy atom. The minimum absolute atomic E-state index is 0.412. The molecule has 0 bridgehead atoms. The molecule has 6 nitrogen and oxygen atoms in total. The van der Waals surface area contributed by atoms with Crippen molar-refractivity contribution in [1.82, 2.24) is 5.32 Å². The molecule has 1 atom stereocenters. The number of benzene rings is 2. The van der Waals surface area contributed by atoms with Gasteiger partial charge < -0.3 is 19.5 Å². The first-order valence-corrected chi connectivity index (χ1v) is 8.65. The smallest absolute Gasteiger partial charge is 0.416 e. The summed E-state index contributed by atoms with van der Waals surface area (Å²) in [7, 11) is 3.96. The fourth-order valence-electron chi connectivity index (χ4n) is 2.71. The summed E-state index contributed by atoms with van der Waals surface area (Å²) < 4.78 is 54.8. The molecule has 0 saturated heterocycles. The minimum atomic E-state index is -4.71. The predicted molar refractivity (Wildman–Crippen MR) is 103 cm³/mol. The summed E-state index contributed by atoms with van der Waals surface area (Å²) in [4.78, 5) is 24.4. The highest BCUT2D eigenvalue weighted by molar-refractivity contribution is 5.95. The fraction of sp³-hybridized carbons (Fsp3) is 0.238. The Morgan fingerprint density at radius 2 is 1.67 bits per heavy atom. The summed E-state index contributed by atoms with van der Waals surface area (Å²) in [5, 5.41) is 2.26. The molecule has 1 amide bonds. The Balaban J connectivity index is 2.28. The second-order valence-corrected chi connectivity index (χ2v) is 6.00. The first-order chi connectivity index (χ1) is 14.2. The molecular formula is C21H20F3NO5. The summed E-state index contributed by atoms with van der Waals surface area (Å²) in [6.45, 7) is 0. The highest BCUT2D eigenvalue weighted by atomic mass is 19.4. The van der Waals surface area contributed by atoms with Crippen LogP contribution in [0.3, 0.4) is 0 Å². The molecule has 160 valence electrons. The lowest BCUT2D eigenvalue weighted by atomic mass is 9.99. The number of halogens is 3. The van der Waals surface area contributed by atoms with E-state index < -0.39 is 35.2 Å². The van der Waals surface area contributed by atoms with E-state index in [2.05, 4.69) is 10.1 Å². The van der Waals surface area contributed by atoms with E-state index in [0.29, 0.717) is 17.1 Å². The van der Waals surface area contributed by atoms with E-state index >= 15 is 0 Å². The Morgan fingerprint density at radius 3 is 2.27 bits per heavy atom. The maximum Gasteiger partial charge on any atom is 0.416 e. The summed E-state index contributed by atoms with van der Waals surface area (Å²) in [5.41, 5.74) is -0.873. The first-order valence-electron chi connectivity index (χ1n) is 8.65. The van der Waals surface area contributed by atoms with Crippen molar-refractivity contribution >= 4 is 18.0 Å². The van der Waals surface area contributed by atoms with Crippen LogP contribution in [0.1, 0.15) is 22.7 Å². The lowest BCUT2D eigenvalue weighted by Gasteiger charge is -2.20. The lowest BCUT2D eigenvalue weighted by Crippen LogP contribution is -2.34. The van der Waals surface area contributed by atoms with Gasteiger partial charge >= 0.3 is 12.1 Å². The number of hydrogen-bond acceptors (Lipinski definition) is 5. The molecule has 2 rings (SSSR count). The SMILES string of the molecule is COC(=O)C(NC(=O)/C=C/c1ccc(OC)c(OC)c1)c1ccccc1C(F)(F)F. The molecule has 1 N–H and O–H groups in total. The Labute approximate surface area is 171 Å². The molecule has 0 aromatic heterocycles. The summed E-state index contributed by atoms with van der Waals surface area (Å²) in [5.74, 6) is -0.878. The third kappa shape index (κ3) is 5.53. The molecule has 2 aromatic rings. The molecule has 9 heteroatoms. The van der Waals surface area contributed by atoms with E-state index in [-0.39, 0.29) is 0 Å². The Kier molecular flexibility index (Phi) is 7.46. The van der Waals surface area contributed by atoms with Crippen molar-refractivity contribution in [3.05, 3.63) is 65.2 Å². The number of ether oxygens (including phenoxy) is 3. The van der Waals surface area contributed by atoms with Crippen LogP contribution >= 0.6 is 0 Å². The Bertz CT molecular complexity index is 940. The number of carbonyl (C=O) groups excluding carboxylic acids is 2. The molecule has 0 fully saturated rings. The standard InChI is InChI=1S/C21H20F3NO5/c1-28-16-10-8-13(12-17(16)29-2)9-11-18(26)25-19(20(27)30-3)14-6-4-5-7-15(14)21(22,23)24/h4-12,19H,1-3H3,(H,25,26)/b11-9+. The number of carbonyl (C=O) groups is 2. The van der Waals surface area contributed by atoms with Gasteiger partial charge in [-0.2, -0.15) is 13.2 Å². The molecule has 30 heavy (non-hydrogen) atoms. The van der Waals surface area contributed by atoms with Crippen molar-refractivity contribution in [3.8, 4) is 11.5 Å². The van der Waals surface area contributed by atoms with E-state index in [1.54, 1.807) is 18.2 Å². The van der Waals surface area contributed by atoms with Crippen LogP contribution in [-0.2, 0) is 20.5 Å². The topological polar surface area (TPSA) is 73.9 Å². The maximum atomic E-state index is 13.3. The summed E-state index contributed by atoms with van der Waals surface area (Å²) in [6, 6.07) is 7.75. The van der Waals surface area contributed by atoms with Gasteiger partial charge in [0.1, 0.15) is 0 Å². The van der Waals surface area contributed by atoms with E-state index in [4.69, 9.17) is 9.47 Å². The average molecular weight is 423 g/mol. The fourth-order valence-corrected chi connectivity index (χ4v) is 2.71. The molecular weight excluding hydrogens is 403 g/mol. The number of methoxy groups -OCH3 is 3. The molecule has 1 unspecified atom stereocenters. The third-order valence-electron chi connectivity index (χ3n) is 4.14. The summed E-state index contributed by atoms with van der Waals surface area (Å²) in [6.07, 6.45) is -2.20. The molecule has 0 radical (unpaired) electrons. The van der Waals surface area contributed by atoms with Crippen molar-refractivity contribution in [1.29, 1.82) is 0 Å². The number of rotatable bonds is 7. The van der Waals surface area contributed by atoms with E-state index in [0.717, 1.165) is 25.3 Å². The van der Waals surface area contributed by atoms with Crippen LogP contribution in [0, 0.1) is 0 Å². The largest absolute Gasteiger partial charge is 0.493 e. The monoisotopic (exact) mass is 423 g/mol. The number of nitrogens with one attached hydrogen (secondary N) is 1. The number of esters is 1. The van der Waals surface area contributed by atoms with Crippen molar-refractivity contribution in [2.45, 2.75) is 12.2 Å². The zero-order valence-electron chi connectivity index (χ0n) is 16.4. The van der Waals surface area contributed by atoms with Gasteiger partial charge in [0.05, 0.1) is 26.9 Å². The van der Waals surface area contributed by atoms with Crippen LogP contribution in [0.2, 0.25) is 0 Å². The molecule has 0 heterocycles. The van der Waals surface area contributed by atoms with Crippen LogP contribution in [0.5, 0.6) is 11.5 Å². The van der Waals surface area contributed by atoms with Gasteiger partial charge in [0.2, 0.25) is 5.91 Å². The van der Waals surface area contributed by atoms with E-state index in [1.807, 2.05) is 0 Å². The van der Waals surface area contributed by atoms with Gasteiger partial charge in [-0.05, 0) is 35.4 Å². The molecule has 0 saturated carbocycles. The van der Waals surface area contributed by atoms with Crippen molar-refractivity contribution < 1.29 is 37.0 Å². The average Bonchev–Trinajstić information content (AvgIpc) is 2.74. The number of hydrogen-bond donors (Lipinski definition) is 1. The molecule has 0 aliphatic carbocycles. The van der Waals surface area contributed by atoms with Gasteiger partial charge in [-0.1, -0.05) is 24.3 Å². The second kappa shape index (κ2) is 9.82. The maximum absolute atomic E-state index is 13.3. The van der Waals surface area contributed by atoms with Crippen LogP contribution in [0.25, 0.3) is 6.08 Å². The lowest BCUT2D eigenvalue weighted by molar-refractivity contribution is -0.146. The van der Waals surface area contributed by atoms with E-state index in [9.17, 15) is 22.8 Å².